The summed E-state index contributed by atoms with van der Waals surface area (Å²) in [4.78, 5) is 0. The number of nitrogens with one attached hydrogen (secondary N) is 1. The average Bonchev–Trinajstić information content (AvgIpc) is 2.86. The molecule has 2 rings (SSSR count). The highest BCUT2D eigenvalue weighted by Crippen LogP contribution is 2.21. The Morgan fingerprint density at radius 2 is 1.95 bits per heavy atom. The van der Waals surface area contributed by atoms with Crippen molar-refractivity contribution in [2.45, 2.75) is 25.5 Å². The largest absolute Gasteiger partial charge is 0.351 e. The molecule has 1 aromatic heterocycles. The molecular weight excluding hydrogens is 258 g/mol. The van der Waals surface area contributed by atoms with Gasteiger partial charge in [0.2, 0.25) is 5.95 Å². The van der Waals surface area contributed by atoms with Gasteiger partial charge < -0.3 is 5.32 Å². The monoisotopic (exact) mass is 277 g/mol. The van der Waals surface area contributed by atoms with Gasteiger partial charge in [-0.05, 0) is 49.6 Å². The van der Waals surface area contributed by atoms with Crippen molar-refractivity contribution in [3.05, 3.63) is 29.8 Å². The van der Waals surface area contributed by atoms with Gasteiger partial charge in [0.25, 0.3) is 0 Å². The van der Waals surface area contributed by atoms with Crippen LogP contribution >= 0.6 is 11.8 Å². The van der Waals surface area contributed by atoms with Gasteiger partial charge in [-0.3, -0.25) is 0 Å². The lowest BCUT2D eigenvalue weighted by Crippen LogP contribution is -2.27. The maximum Gasteiger partial charge on any atom is 0.247 e. The first kappa shape index (κ1) is 13.9. The van der Waals surface area contributed by atoms with E-state index < -0.39 is 0 Å². The molecule has 0 aliphatic heterocycles. The smallest absolute Gasteiger partial charge is 0.247 e. The predicted octanol–water partition coefficient (Wildman–Crippen LogP) is 2.52. The second-order valence-electron chi connectivity index (χ2n) is 5.07. The number of aromatic nitrogens is 4. The van der Waals surface area contributed by atoms with Crippen molar-refractivity contribution >= 4 is 17.7 Å². The van der Waals surface area contributed by atoms with Crippen LogP contribution in [0.5, 0.6) is 0 Å². The number of benzene rings is 1. The molecule has 5 nitrogen and oxygen atoms in total. The van der Waals surface area contributed by atoms with Gasteiger partial charge in [-0.1, -0.05) is 22.8 Å². The first-order chi connectivity index (χ1) is 9.02. The van der Waals surface area contributed by atoms with Gasteiger partial charge in [0.1, 0.15) is 0 Å². The Morgan fingerprint density at radius 3 is 2.58 bits per heavy atom. The predicted molar refractivity (Wildman–Crippen MR) is 80.0 cm³/mol. The van der Waals surface area contributed by atoms with E-state index in [1.807, 2.05) is 36.0 Å². The average molecular weight is 277 g/mol. The quantitative estimate of drug-likeness (QED) is 0.910. The molecule has 1 heterocycles. The van der Waals surface area contributed by atoms with E-state index in [1.165, 1.54) is 5.56 Å². The second kappa shape index (κ2) is 5.61. The Kier molecular flexibility index (Phi) is 4.09. The molecule has 0 saturated carbocycles. The molecule has 0 atom stereocenters. The van der Waals surface area contributed by atoms with Gasteiger partial charge in [-0.15, -0.1) is 0 Å². The van der Waals surface area contributed by atoms with Gasteiger partial charge >= 0.3 is 0 Å². The molecule has 102 valence electrons. The third kappa shape index (κ3) is 3.47. The Hall–Kier alpha value is -1.56. The minimum Gasteiger partial charge on any atom is -0.351 e. The zero-order valence-electron chi connectivity index (χ0n) is 11.7. The van der Waals surface area contributed by atoms with E-state index in [0.29, 0.717) is 5.95 Å². The van der Waals surface area contributed by atoms with E-state index in [1.54, 1.807) is 4.68 Å². The number of tetrazole rings is 1. The lowest BCUT2D eigenvalue weighted by Gasteiger charge is -2.22. The summed E-state index contributed by atoms with van der Waals surface area (Å²) in [5, 5.41) is 15.1. The molecule has 0 radical (unpaired) electrons. The van der Waals surface area contributed by atoms with Gasteiger partial charge in [0.15, 0.2) is 0 Å². The highest BCUT2D eigenvalue weighted by Gasteiger charge is 2.17. The number of thioether (sulfide) groups is 1. The van der Waals surface area contributed by atoms with Crippen LogP contribution in [-0.2, 0) is 0 Å². The molecule has 2 aromatic rings. The highest BCUT2D eigenvalue weighted by atomic mass is 32.2. The van der Waals surface area contributed by atoms with Crippen LogP contribution in [0.2, 0.25) is 0 Å². The molecule has 0 aliphatic rings. The third-order valence-corrected chi connectivity index (χ3v) is 4.22. The first-order valence-electron chi connectivity index (χ1n) is 6.16. The Bertz CT molecular complexity index is 532. The molecule has 6 heteroatoms. The second-order valence-corrected chi connectivity index (χ2v) is 6.58. The lowest BCUT2D eigenvalue weighted by atomic mass is 10.2. The van der Waals surface area contributed by atoms with Crippen molar-refractivity contribution in [3.63, 3.8) is 0 Å². The summed E-state index contributed by atoms with van der Waals surface area (Å²) < 4.78 is 1.86. The third-order valence-electron chi connectivity index (χ3n) is 2.97. The number of rotatable bonds is 5. The van der Waals surface area contributed by atoms with Crippen LogP contribution in [0.15, 0.2) is 24.3 Å². The number of hydrogen-bond acceptors (Lipinski definition) is 5. The maximum absolute atomic E-state index is 4.03. The number of anilines is 1. The summed E-state index contributed by atoms with van der Waals surface area (Å²) in [6, 6.07) is 8.12. The molecule has 0 unspecified atom stereocenters. The van der Waals surface area contributed by atoms with Crippen molar-refractivity contribution in [2.24, 2.45) is 0 Å². The van der Waals surface area contributed by atoms with E-state index in [9.17, 15) is 0 Å². The minimum atomic E-state index is 0.143. The minimum absolute atomic E-state index is 0.143. The molecule has 0 saturated heterocycles. The van der Waals surface area contributed by atoms with E-state index in [0.717, 1.165) is 12.2 Å². The van der Waals surface area contributed by atoms with Crippen LogP contribution < -0.4 is 5.32 Å². The fraction of sp³-hybridized carbons (Fsp3) is 0.462. The molecule has 1 N–H and O–H groups in total. The molecule has 0 amide bonds. The van der Waals surface area contributed by atoms with Crippen LogP contribution in [-0.4, -0.2) is 37.8 Å². The van der Waals surface area contributed by atoms with E-state index in [-0.39, 0.29) is 4.75 Å². The van der Waals surface area contributed by atoms with Crippen molar-refractivity contribution in [3.8, 4) is 5.69 Å². The molecular formula is C13H19N5S. The summed E-state index contributed by atoms with van der Waals surface area (Å²) >= 11 is 1.81. The topological polar surface area (TPSA) is 55.6 Å². The van der Waals surface area contributed by atoms with Gasteiger partial charge in [-0.25, -0.2) is 0 Å². The Labute approximate surface area is 117 Å². The number of hydrogen-bond donors (Lipinski definition) is 1. The summed E-state index contributed by atoms with van der Waals surface area (Å²) in [5.41, 5.74) is 2.18. The fourth-order valence-corrected chi connectivity index (χ4v) is 1.74. The highest BCUT2D eigenvalue weighted by molar-refractivity contribution is 7.99. The number of aryl methyl sites for hydroxylation is 1. The summed E-state index contributed by atoms with van der Waals surface area (Å²) in [6.07, 6.45) is 2.10. The standard InChI is InChI=1S/C13H19N5S/c1-10-5-7-11(8-6-10)18-12(15-16-17-18)14-9-13(2,3)19-4/h5-8H,9H2,1-4H3,(H,14,15,17). The molecule has 0 spiro atoms. The Balaban J connectivity index is 2.16. The molecule has 19 heavy (non-hydrogen) atoms. The zero-order valence-corrected chi connectivity index (χ0v) is 12.5. The SMILES string of the molecule is CSC(C)(C)CNc1nnnn1-c1ccc(C)cc1. The van der Waals surface area contributed by atoms with Crippen molar-refractivity contribution in [1.29, 1.82) is 0 Å². The Morgan fingerprint density at radius 1 is 1.26 bits per heavy atom. The zero-order chi connectivity index (χ0) is 13.9. The lowest BCUT2D eigenvalue weighted by molar-refractivity contribution is 0.738. The molecule has 1 aromatic carbocycles. The van der Waals surface area contributed by atoms with E-state index in [2.05, 4.69) is 47.9 Å². The molecule has 0 aliphatic carbocycles. The van der Waals surface area contributed by atoms with Crippen LogP contribution in [0.3, 0.4) is 0 Å². The fourth-order valence-electron chi connectivity index (χ4n) is 1.52. The maximum atomic E-state index is 4.03. The van der Waals surface area contributed by atoms with Crippen LogP contribution in [0.1, 0.15) is 19.4 Å². The van der Waals surface area contributed by atoms with E-state index >= 15 is 0 Å². The van der Waals surface area contributed by atoms with Crippen LogP contribution in [0, 0.1) is 6.92 Å². The summed E-state index contributed by atoms with van der Waals surface area (Å²) in [5.74, 6) is 0.672. The van der Waals surface area contributed by atoms with E-state index in [4.69, 9.17) is 0 Å². The van der Waals surface area contributed by atoms with Crippen LogP contribution in [0.4, 0.5) is 5.95 Å². The van der Waals surface area contributed by atoms with Crippen LogP contribution in [0.25, 0.3) is 5.69 Å². The van der Waals surface area contributed by atoms with Crippen molar-refractivity contribution < 1.29 is 0 Å². The van der Waals surface area contributed by atoms with Crippen molar-refractivity contribution in [2.75, 3.05) is 18.1 Å². The van der Waals surface area contributed by atoms with Crippen molar-refractivity contribution in [1.82, 2.24) is 20.2 Å². The molecule has 0 fully saturated rings. The van der Waals surface area contributed by atoms with Gasteiger partial charge in [-0.2, -0.15) is 16.4 Å². The van der Waals surface area contributed by atoms with Gasteiger partial charge in [0.05, 0.1) is 5.69 Å². The first-order valence-corrected chi connectivity index (χ1v) is 7.39. The normalized spacial score (nSPS) is 11.6. The van der Waals surface area contributed by atoms with Gasteiger partial charge in [0, 0.05) is 11.3 Å². The number of nitrogens with zero attached hydrogens (tertiary/aromatic N) is 4. The molecule has 0 bridgehead atoms. The summed E-state index contributed by atoms with van der Waals surface area (Å²) in [6.45, 7) is 7.24. The summed E-state index contributed by atoms with van der Waals surface area (Å²) in [7, 11) is 0.